The normalized spacial score (nSPS) is 12.8. The number of unbranched alkanes of at least 4 members (excludes halogenated alkanes) is 6. The number of phosphoric acid groups is 1. The maximum atomic E-state index is 15.4. The molecule has 11 nitrogen and oxygen atoms in total. The van der Waals surface area contributed by atoms with Crippen LogP contribution in [0.3, 0.4) is 0 Å². The molecule has 0 radical (unpaired) electrons. The fourth-order valence-electron chi connectivity index (χ4n) is 4.51. The van der Waals surface area contributed by atoms with E-state index in [4.69, 9.17) is 9.26 Å². The van der Waals surface area contributed by atoms with Crippen molar-refractivity contribution in [3.63, 3.8) is 0 Å². The van der Waals surface area contributed by atoms with Crippen molar-refractivity contribution in [3.8, 4) is 0 Å². The molecule has 3 aromatic rings. The van der Waals surface area contributed by atoms with Crippen LogP contribution in [0.4, 0.5) is 8.78 Å². The molecule has 2 N–H and O–H groups in total. The topological polar surface area (TPSA) is 137 Å². The van der Waals surface area contributed by atoms with E-state index in [9.17, 15) is 18.7 Å². The van der Waals surface area contributed by atoms with E-state index in [2.05, 4.69) is 27.1 Å². The van der Waals surface area contributed by atoms with Crippen LogP contribution in [-0.4, -0.2) is 58.6 Å². The number of aromatic nitrogens is 6. The molecule has 0 saturated heterocycles. The molecule has 1 unspecified atom stereocenters. The Hall–Kier alpha value is -1.57. The number of benzene rings is 1. The minimum absolute atomic E-state index is 0. The second-order valence-corrected chi connectivity index (χ2v) is 10.4. The van der Waals surface area contributed by atoms with Crippen molar-refractivity contribution in [3.05, 3.63) is 60.7 Å². The molecule has 0 amide bonds. The molecule has 0 aliphatic carbocycles. The molecule has 0 saturated carbocycles. The third-order valence-electron chi connectivity index (χ3n) is 6.33. The molecule has 212 valence electrons. The zero-order valence-electron chi connectivity index (χ0n) is 23.4. The molecule has 2 heterocycles. The summed E-state index contributed by atoms with van der Waals surface area (Å²) in [5.74, 6) is -1.72. The fraction of sp³-hybridized carbons (Fsp3) is 0.583. The number of halogens is 2. The van der Waals surface area contributed by atoms with Gasteiger partial charge in [-0.25, -0.2) is 23.3 Å². The number of rotatable bonds is 18. The van der Waals surface area contributed by atoms with Crippen molar-refractivity contribution in [1.29, 1.82) is 0 Å². The summed E-state index contributed by atoms with van der Waals surface area (Å²) < 4.78 is 55.3. The average Bonchev–Trinajstić information content (AvgIpc) is 3.55. The Labute approximate surface area is 250 Å². The van der Waals surface area contributed by atoms with Crippen LogP contribution in [0.25, 0.3) is 0 Å². The SMILES string of the molecule is CCCCCCCCCOCC(OP(=O)(O)O)C(Cn1cncn1)(Cn1cncn1)c1ccc(F)cc1F.[H-].[Na+]. The third kappa shape index (κ3) is 10.7. The molecular weight excluding hydrogens is 544 g/mol. The Morgan fingerprint density at radius 2 is 1.59 bits per heavy atom. The minimum Gasteiger partial charge on any atom is -1.00 e. The van der Waals surface area contributed by atoms with Crippen LogP contribution < -0.4 is 29.6 Å². The number of ether oxygens (including phenoxy) is 1. The smallest absolute Gasteiger partial charge is 1.00 e. The minimum atomic E-state index is -5.09. The predicted octanol–water partition coefficient (Wildman–Crippen LogP) is 1.15. The molecule has 1 atom stereocenters. The molecule has 0 bridgehead atoms. The first-order valence-electron chi connectivity index (χ1n) is 12.7. The maximum absolute atomic E-state index is 15.4. The first-order chi connectivity index (χ1) is 18.2. The van der Waals surface area contributed by atoms with Gasteiger partial charge in [0.2, 0.25) is 0 Å². The molecule has 0 fully saturated rings. The van der Waals surface area contributed by atoms with Crippen LogP contribution in [0.5, 0.6) is 0 Å². The Balaban J connectivity index is 0.00000400. The van der Waals surface area contributed by atoms with Gasteiger partial charge in [0, 0.05) is 18.2 Å². The van der Waals surface area contributed by atoms with Crippen molar-refractivity contribution in [2.45, 2.75) is 76.5 Å². The first-order valence-corrected chi connectivity index (χ1v) is 14.2. The van der Waals surface area contributed by atoms with E-state index in [1.165, 1.54) is 60.0 Å². The van der Waals surface area contributed by atoms with Crippen LogP contribution in [-0.2, 0) is 32.3 Å². The molecule has 15 heteroatoms. The van der Waals surface area contributed by atoms with Gasteiger partial charge in [-0.3, -0.25) is 13.9 Å². The first kappa shape index (κ1) is 33.6. The summed E-state index contributed by atoms with van der Waals surface area (Å²) in [5, 5.41) is 8.21. The molecule has 39 heavy (non-hydrogen) atoms. The Kier molecular flexibility index (Phi) is 14.3. The van der Waals surface area contributed by atoms with Gasteiger partial charge in [0.1, 0.15) is 43.0 Å². The van der Waals surface area contributed by atoms with Crippen molar-refractivity contribution in [2.24, 2.45) is 0 Å². The van der Waals surface area contributed by atoms with Gasteiger partial charge in [0.25, 0.3) is 0 Å². The van der Waals surface area contributed by atoms with Crippen molar-refractivity contribution in [2.75, 3.05) is 13.2 Å². The van der Waals surface area contributed by atoms with Gasteiger partial charge in [0.15, 0.2) is 0 Å². The van der Waals surface area contributed by atoms with E-state index in [0.29, 0.717) is 12.7 Å². The van der Waals surface area contributed by atoms with Gasteiger partial charge in [-0.15, -0.1) is 0 Å². The van der Waals surface area contributed by atoms with Crippen molar-refractivity contribution < 1.29 is 63.4 Å². The van der Waals surface area contributed by atoms with Gasteiger partial charge in [-0.2, -0.15) is 10.2 Å². The van der Waals surface area contributed by atoms with Gasteiger partial charge >= 0.3 is 37.4 Å². The summed E-state index contributed by atoms with van der Waals surface area (Å²) in [7, 11) is -5.09. The zero-order valence-corrected chi connectivity index (χ0v) is 25.3. The Bertz CT molecular complexity index is 1110. The maximum Gasteiger partial charge on any atom is 1.00 e. The average molecular weight is 581 g/mol. The van der Waals surface area contributed by atoms with E-state index in [1.54, 1.807) is 0 Å². The predicted molar refractivity (Wildman–Crippen MR) is 135 cm³/mol. The molecule has 1 aromatic carbocycles. The molecule has 3 rings (SSSR count). The number of hydrogen-bond donors (Lipinski definition) is 2. The van der Waals surface area contributed by atoms with E-state index in [1.807, 2.05) is 0 Å². The molecule has 0 aliphatic heterocycles. The van der Waals surface area contributed by atoms with Gasteiger partial charge in [-0.05, 0) is 12.5 Å². The Morgan fingerprint density at radius 1 is 1.00 bits per heavy atom. The van der Waals surface area contributed by atoms with Gasteiger partial charge in [0.05, 0.1) is 25.1 Å². The van der Waals surface area contributed by atoms with E-state index < -0.39 is 31.0 Å². The van der Waals surface area contributed by atoms with E-state index in [-0.39, 0.29) is 56.2 Å². The summed E-state index contributed by atoms with van der Waals surface area (Å²) in [4.78, 5) is 27.5. The summed E-state index contributed by atoms with van der Waals surface area (Å²) in [5.41, 5.74) is -1.62. The molecule has 0 aliphatic rings. The van der Waals surface area contributed by atoms with E-state index in [0.717, 1.165) is 31.7 Å². The molecular formula is C24H36F2N6NaO5P. The molecule has 0 spiro atoms. The third-order valence-corrected chi connectivity index (χ3v) is 6.86. The quantitative estimate of drug-likeness (QED) is 0.129. The van der Waals surface area contributed by atoms with Crippen LogP contribution in [0.15, 0.2) is 43.5 Å². The second-order valence-electron chi connectivity index (χ2n) is 9.25. The standard InChI is InChI=1S/C24H35F2N6O5P.Na.H/c1-2-3-4-5-6-7-8-11-36-13-23(37-38(33,34)35)24(14-31-18-27-16-29-31,15-32-19-28-17-30-32)21-10-9-20(25)12-22(21)26;;/h9-10,12,16-19,23H,2-8,11,13-15H2,1H3,(H2,33,34,35);;/q;+1;-1. The summed E-state index contributed by atoms with van der Waals surface area (Å²) >= 11 is 0. The fourth-order valence-corrected chi connectivity index (χ4v) is 5.10. The van der Waals surface area contributed by atoms with Gasteiger partial charge in [-0.1, -0.05) is 51.5 Å². The largest absolute Gasteiger partial charge is 1.00 e. The van der Waals surface area contributed by atoms with Crippen LogP contribution >= 0.6 is 7.82 Å². The second kappa shape index (κ2) is 16.6. The monoisotopic (exact) mass is 580 g/mol. The van der Waals surface area contributed by atoms with Gasteiger partial charge < -0.3 is 16.0 Å². The number of hydrogen-bond acceptors (Lipinski definition) is 7. The zero-order chi connectivity index (χ0) is 27.4. The van der Waals surface area contributed by atoms with Crippen molar-refractivity contribution >= 4 is 7.82 Å². The summed E-state index contributed by atoms with van der Waals surface area (Å²) in [6, 6.07) is 3.01. The molecule has 2 aromatic heterocycles. The number of nitrogens with zero attached hydrogens (tertiary/aromatic N) is 6. The Morgan fingerprint density at radius 3 is 2.10 bits per heavy atom. The summed E-state index contributed by atoms with van der Waals surface area (Å²) in [6.45, 7) is 1.93. The van der Waals surface area contributed by atoms with Crippen LogP contribution in [0, 0.1) is 11.6 Å². The van der Waals surface area contributed by atoms with E-state index >= 15 is 4.39 Å². The van der Waals surface area contributed by atoms with Crippen LogP contribution in [0.2, 0.25) is 0 Å². The number of phosphoric ester groups is 1. The van der Waals surface area contributed by atoms with Crippen LogP contribution in [0.1, 0.15) is 58.9 Å². The van der Waals surface area contributed by atoms with Crippen molar-refractivity contribution in [1.82, 2.24) is 29.5 Å². The summed E-state index contributed by atoms with van der Waals surface area (Å²) in [6.07, 6.45) is 11.4.